The number of hydrogen-bond donors (Lipinski definition) is 0. The number of ether oxygens (including phenoxy) is 1. The van der Waals surface area contributed by atoms with Crippen molar-refractivity contribution in [2.75, 3.05) is 33.2 Å². The summed E-state index contributed by atoms with van der Waals surface area (Å²) in [6.07, 6.45) is 5.10. The van der Waals surface area contributed by atoms with Crippen LogP contribution < -0.4 is 0 Å². The molecule has 2 heterocycles. The van der Waals surface area contributed by atoms with Gasteiger partial charge in [0.15, 0.2) is 5.60 Å². The van der Waals surface area contributed by atoms with Gasteiger partial charge in [-0.25, -0.2) is 13.6 Å². The number of quaternary nitrogens is 1. The van der Waals surface area contributed by atoms with Gasteiger partial charge in [0.05, 0.1) is 32.4 Å². The van der Waals surface area contributed by atoms with Gasteiger partial charge in [-0.1, -0.05) is 43.8 Å². The lowest BCUT2D eigenvalue weighted by Gasteiger charge is -2.44. The molecule has 0 radical (unpaired) electrons. The average Bonchev–Trinajstić information content (AvgIpc) is 3.05. The number of likely N-dealkylation sites (tertiary alicyclic amines) is 1. The van der Waals surface area contributed by atoms with Crippen molar-refractivity contribution in [1.29, 1.82) is 0 Å². The molecule has 2 aliphatic heterocycles. The fourth-order valence-electron chi connectivity index (χ4n) is 5.02. The van der Waals surface area contributed by atoms with Crippen LogP contribution in [0.5, 0.6) is 0 Å². The van der Waals surface area contributed by atoms with Crippen molar-refractivity contribution in [3.05, 3.63) is 89.6 Å². The summed E-state index contributed by atoms with van der Waals surface area (Å²) in [7, 11) is 2.24. The van der Waals surface area contributed by atoms with Crippen molar-refractivity contribution >= 4 is 11.7 Å². The molecule has 0 unspecified atom stereocenters. The summed E-state index contributed by atoms with van der Waals surface area (Å²) >= 11 is 0. The van der Waals surface area contributed by atoms with Gasteiger partial charge in [0, 0.05) is 25.8 Å². The normalized spacial score (nSPS) is 24.4. The maximum Gasteiger partial charge on any atom is 0.415 e. The predicted octanol–water partition coefficient (Wildman–Crippen LogP) is 6.14. The molecule has 180 valence electrons. The van der Waals surface area contributed by atoms with Crippen molar-refractivity contribution in [2.24, 2.45) is 0 Å². The zero-order valence-electron chi connectivity index (χ0n) is 20.0. The largest absolute Gasteiger partial charge is 0.436 e. The number of carbonyl (C=O) groups is 1. The van der Waals surface area contributed by atoms with Crippen molar-refractivity contribution in [3.8, 4) is 0 Å². The van der Waals surface area contributed by atoms with Crippen LogP contribution in [0.25, 0.3) is 5.57 Å². The first-order valence-corrected chi connectivity index (χ1v) is 12.0. The number of halogens is 2. The van der Waals surface area contributed by atoms with Crippen molar-refractivity contribution in [3.63, 3.8) is 0 Å². The van der Waals surface area contributed by atoms with E-state index in [1.165, 1.54) is 24.3 Å². The third kappa shape index (κ3) is 4.92. The summed E-state index contributed by atoms with van der Waals surface area (Å²) < 4.78 is 33.7. The first-order valence-electron chi connectivity index (χ1n) is 12.0. The Labute approximate surface area is 200 Å². The van der Waals surface area contributed by atoms with Gasteiger partial charge in [-0.2, -0.15) is 0 Å². The molecule has 0 saturated carbocycles. The van der Waals surface area contributed by atoms with E-state index in [-0.39, 0.29) is 17.7 Å². The van der Waals surface area contributed by atoms with Crippen LogP contribution in [0.3, 0.4) is 0 Å². The molecule has 0 atom stereocenters. The minimum atomic E-state index is -0.562. The third-order valence-corrected chi connectivity index (χ3v) is 7.24. The Morgan fingerprint density at radius 1 is 1.06 bits per heavy atom. The van der Waals surface area contributed by atoms with Crippen LogP contribution in [0.4, 0.5) is 13.6 Å². The van der Waals surface area contributed by atoms with Crippen LogP contribution in [0, 0.1) is 11.6 Å². The molecule has 2 fully saturated rings. The van der Waals surface area contributed by atoms with Gasteiger partial charge in [0.25, 0.3) is 0 Å². The highest BCUT2D eigenvalue weighted by molar-refractivity contribution is 5.79. The molecule has 2 aromatic rings. The maximum absolute atomic E-state index is 13.5. The summed E-state index contributed by atoms with van der Waals surface area (Å²) in [5, 5.41) is 0. The van der Waals surface area contributed by atoms with Gasteiger partial charge in [-0.3, -0.25) is 4.90 Å². The van der Waals surface area contributed by atoms with Gasteiger partial charge in [0.1, 0.15) is 11.6 Å². The first-order chi connectivity index (χ1) is 16.3. The Hall–Kier alpha value is -2.99. The van der Waals surface area contributed by atoms with E-state index in [9.17, 15) is 13.6 Å². The summed E-state index contributed by atoms with van der Waals surface area (Å²) in [4.78, 5) is 14.0. The van der Waals surface area contributed by atoms with Crippen LogP contribution in [0.1, 0.15) is 43.7 Å². The lowest BCUT2D eigenvalue weighted by Crippen LogP contribution is -2.55. The number of rotatable bonds is 7. The molecule has 0 bridgehead atoms. The Morgan fingerprint density at radius 3 is 2.09 bits per heavy atom. The van der Waals surface area contributed by atoms with E-state index in [4.69, 9.17) is 4.74 Å². The third-order valence-electron chi connectivity index (χ3n) is 7.24. The number of hydrogen-bond acceptors (Lipinski definition) is 2. The predicted molar refractivity (Wildman–Crippen MR) is 130 cm³/mol. The van der Waals surface area contributed by atoms with Gasteiger partial charge >= 0.3 is 6.09 Å². The highest BCUT2D eigenvalue weighted by atomic mass is 19.1. The van der Waals surface area contributed by atoms with E-state index >= 15 is 0 Å². The number of nitrogens with zero attached hydrogens (tertiary/aromatic N) is 2. The molecule has 6 heteroatoms. The Morgan fingerprint density at radius 2 is 1.59 bits per heavy atom. The first kappa shape index (κ1) is 24.1. The monoisotopic (exact) mass is 467 g/mol. The molecule has 2 aromatic carbocycles. The fourth-order valence-corrected chi connectivity index (χ4v) is 5.02. The molecule has 2 aliphatic rings. The molecule has 4 rings (SSSR count). The molecule has 1 amide bonds. The molecular weight excluding hydrogens is 434 g/mol. The summed E-state index contributed by atoms with van der Waals surface area (Å²) in [6, 6.07) is 12.8. The highest BCUT2D eigenvalue weighted by Gasteiger charge is 2.52. The van der Waals surface area contributed by atoms with E-state index in [1.54, 1.807) is 29.2 Å². The zero-order chi connectivity index (χ0) is 24.3. The van der Waals surface area contributed by atoms with Crippen LogP contribution >= 0.6 is 0 Å². The van der Waals surface area contributed by atoms with E-state index in [0.717, 1.165) is 72.2 Å². The SMILES string of the molecule is C=C1N(CCC)C(=O)OC12CC[N+](C)(CCC=C(c1ccc(F)cc1)c1ccc(F)cc1)CC2. The molecule has 0 aliphatic carbocycles. The number of carbonyl (C=O) groups excluding carboxylic acids is 1. The molecule has 34 heavy (non-hydrogen) atoms. The van der Waals surface area contributed by atoms with Crippen molar-refractivity contribution < 1.29 is 22.8 Å². The minimum Gasteiger partial charge on any atom is -0.436 e. The van der Waals surface area contributed by atoms with E-state index in [0.29, 0.717) is 6.54 Å². The van der Waals surface area contributed by atoms with Crippen LogP contribution in [-0.2, 0) is 4.74 Å². The Balaban J connectivity index is 1.45. The number of benzene rings is 2. The summed E-state index contributed by atoms with van der Waals surface area (Å²) in [5.74, 6) is -0.566. The van der Waals surface area contributed by atoms with E-state index < -0.39 is 5.60 Å². The van der Waals surface area contributed by atoms with E-state index in [1.807, 2.05) is 6.92 Å². The van der Waals surface area contributed by atoms with Crippen molar-refractivity contribution in [2.45, 2.75) is 38.2 Å². The van der Waals surface area contributed by atoms with Crippen molar-refractivity contribution in [1.82, 2.24) is 4.90 Å². The average molecular weight is 468 g/mol. The molecular formula is C28H33F2N2O2+. The Bertz CT molecular complexity index is 1020. The van der Waals surface area contributed by atoms with Crippen LogP contribution in [0.15, 0.2) is 66.9 Å². The Kier molecular flexibility index (Phi) is 6.89. The second-order valence-corrected chi connectivity index (χ2v) is 9.67. The van der Waals surface area contributed by atoms with Gasteiger partial charge in [0.2, 0.25) is 0 Å². The molecule has 0 N–H and O–H groups in total. The zero-order valence-corrected chi connectivity index (χ0v) is 20.0. The molecule has 1 spiro atoms. The fraction of sp³-hybridized carbons (Fsp3) is 0.393. The van der Waals surface area contributed by atoms with Crippen LogP contribution in [0.2, 0.25) is 0 Å². The smallest absolute Gasteiger partial charge is 0.415 e. The van der Waals surface area contributed by atoms with Gasteiger partial charge in [-0.05, 0) is 47.4 Å². The standard InChI is InChI=1S/C28H33F2N2O2/c1-4-17-31-21(2)28(34-27(31)33)15-19-32(3,20-16-28)18-5-6-26(22-7-11-24(29)12-8-22)23-9-13-25(30)14-10-23/h6-14H,2,4-5,15-20H2,1,3H3/q+1. The summed E-state index contributed by atoms with van der Waals surface area (Å²) in [5.41, 5.74) is 3.01. The topological polar surface area (TPSA) is 29.5 Å². The molecule has 0 aromatic heterocycles. The second-order valence-electron chi connectivity index (χ2n) is 9.67. The molecule has 2 saturated heterocycles. The van der Waals surface area contributed by atoms with Crippen LogP contribution in [-0.4, -0.2) is 54.3 Å². The summed E-state index contributed by atoms with van der Waals surface area (Å²) in [6.45, 7) is 9.59. The highest BCUT2D eigenvalue weighted by Crippen LogP contribution is 2.42. The van der Waals surface area contributed by atoms with Gasteiger partial charge in [-0.15, -0.1) is 0 Å². The quantitative estimate of drug-likeness (QED) is 0.458. The number of amides is 1. The lowest BCUT2D eigenvalue weighted by molar-refractivity contribution is -0.915. The minimum absolute atomic E-state index is 0.269. The molecule has 4 nitrogen and oxygen atoms in total. The second kappa shape index (κ2) is 9.71. The van der Waals surface area contributed by atoms with Gasteiger partial charge < -0.3 is 9.22 Å². The maximum atomic E-state index is 13.5. The van der Waals surface area contributed by atoms with E-state index in [2.05, 4.69) is 19.7 Å². The number of piperidine rings is 1. The lowest BCUT2D eigenvalue weighted by atomic mass is 9.87.